The molecule has 7 heteroatoms. The van der Waals surface area contributed by atoms with E-state index in [0.717, 1.165) is 49.9 Å². The van der Waals surface area contributed by atoms with Crippen molar-refractivity contribution in [3.63, 3.8) is 0 Å². The molecule has 0 aliphatic heterocycles. The van der Waals surface area contributed by atoms with Crippen LogP contribution in [-0.2, 0) is 0 Å². The van der Waals surface area contributed by atoms with Crippen molar-refractivity contribution in [3.05, 3.63) is 84.6 Å². The Kier molecular flexibility index (Phi) is 4.07. The van der Waals surface area contributed by atoms with Crippen molar-refractivity contribution in [2.75, 3.05) is 0 Å². The van der Waals surface area contributed by atoms with Gasteiger partial charge in [-0.15, -0.1) is 0 Å². The van der Waals surface area contributed by atoms with Crippen molar-refractivity contribution in [1.82, 2.24) is 30.1 Å². The summed E-state index contributed by atoms with van der Waals surface area (Å²) in [7, 11) is 0. The molecular formula is C25H17FN6. The molecule has 6 nitrogen and oxygen atoms in total. The number of pyridine rings is 2. The number of fused-ring (bicyclic) bond motifs is 2. The van der Waals surface area contributed by atoms with Crippen LogP contribution in [0.3, 0.4) is 0 Å². The quantitative estimate of drug-likeness (QED) is 0.386. The lowest BCUT2D eigenvalue weighted by Gasteiger charge is -2.04. The minimum atomic E-state index is -0.262. The van der Waals surface area contributed by atoms with Crippen LogP contribution in [0.5, 0.6) is 0 Å². The van der Waals surface area contributed by atoms with Crippen molar-refractivity contribution in [1.29, 1.82) is 0 Å². The number of benzene rings is 2. The van der Waals surface area contributed by atoms with E-state index in [2.05, 4.69) is 25.1 Å². The van der Waals surface area contributed by atoms with Gasteiger partial charge in [-0.05, 0) is 54.4 Å². The molecule has 0 fully saturated rings. The maximum Gasteiger partial charge on any atom is 0.159 e. The number of hydrogen-bond donors (Lipinski definition) is 2. The van der Waals surface area contributed by atoms with Crippen molar-refractivity contribution in [2.24, 2.45) is 0 Å². The Morgan fingerprint density at radius 2 is 1.78 bits per heavy atom. The zero-order chi connectivity index (χ0) is 21.7. The zero-order valence-electron chi connectivity index (χ0n) is 17.1. The van der Waals surface area contributed by atoms with Gasteiger partial charge < -0.3 is 4.98 Å². The Bertz CT molecular complexity index is 1580. The van der Waals surface area contributed by atoms with E-state index in [4.69, 9.17) is 4.98 Å². The predicted octanol–water partition coefficient (Wildman–Crippen LogP) is 5.68. The number of imidazole rings is 1. The monoisotopic (exact) mass is 420 g/mol. The molecule has 0 saturated carbocycles. The number of halogens is 1. The average molecular weight is 420 g/mol. The molecule has 0 aliphatic carbocycles. The number of aromatic nitrogens is 6. The van der Waals surface area contributed by atoms with Gasteiger partial charge in [-0.1, -0.05) is 18.2 Å². The first-order valence-corrected chi connectivity index (χ1v) is 10.2. The second kappa shape index (κ2) is 7.09. The summed E-state index contributed by atoms with van der Waals surface area (Å²) in [6, 6.07) is 16.7. The Labute approximate surface area is 182 Å². The topological polar surface area (TPSA) is 83.1 Å². The molecule has 6 aromatic rings. The summed E-state index contributed by atoms with van der Waals surface area (Å²) in [6.07, 6.45) is 5.25. The summed E-state index contributed by atoms with van der Waals surface area (Å²) in [5.41, 5.74) is 7.48. The smallest absolute Gasteiger partial charge is 0.159 e. The highest BCUT2D eigenvalue weighted by Gasteiger charge is 2.16. The second-order valence-electron chi connectivity index (χ2n) is 7.73. The molecule has 0 spiro atoms. The lowest BCUT2D eigenvalue weighted by atomic mass is 10.0. The zero-order valence-corrected chi connectivity index (χ0v) is 17.1. The molecular weight excluding hydrogens is 403 g/mol. The minimum absolute atomic E-state index is 0.262. The summed E-state index contributed by atoms with van der Waals surface area (Å²) >= 11 is 0. The third-order valence-electron chi connectivity index (χ3n) is 5.51. The first kappa shape index (κ1) is 18.4. The van der Waals surface area contributed by atoms with E-state index in [1.165, 1.54) is 12.1 Å². The van der Waals surface area contributed by atoms with E-state index < -0.39 is 0 Å². The number of aryl methyl sites for hydroxylation is 1. The van der Waals surface area contributed by atoms with E-state index in [0.29, 0.717) is 11.5 Å². The first-order chi connectivity index (χ1) is 15.7. The van der Waals surface area contributed by atoms with Crippen LogP contribution in [0.25, 0.3) is 55.8 Å². The van der Waals surface area contributed by atoms with Gasteiger partial charge in [0.1, 0.15) is 11.5 Å². The molecule has 0 amide bonds. The van der Waals surface area contributed by atoms with Crippen LogP contribution in [0.1, 0.15) is 5.56 Å². The lowest BCUT2D eigenvalue weighted by molar-refractivity contribution is 0.627. The fourth-order valence-corrected chi connectivity index (χ4v) is 4.05. The SMILES string of the molecule is Cc1cc(F)cc(-c2cccc3[nH]c(-c4n[nH]c5cnc(-c6ccncc6)cc45)nc23)c1. The van der Waals surface area contributed by atoms with Crippen LogP contribution in [0.4, 0.5) is 4.39 Å². The van der Waals surface area contributed by atoms with Gasteiger partial charge in [-0.2, -0.15) is 5.10 Å². The van der Waals surface area contributed by atoms with Crippen molar-refractivity contribution < 1.29 is 4.39 Å². The van der Waals surface area contributed by atoms with Crippen molar-refractivity contribution >= 4 is 21.9 Å². The second-order valence-corrected chi connectivity index (χ2v) is 7.73. The van der Waals surface area contributed by atoms with Crippen LogP contribution in [0, 0.1) is 12.7 Å². The summed E-state index contributed by atoms with van der Waals surface area (Å²) in [5.74, 6) is 0.376. The Balaban J connectivity index is 1.52. The molecule has 0 atom stereocenters. The molecule has 4 heterocycles. The summed E-state index contributed by atoms with van der Waals surface area (Å²) in [5, 5.41) is 8.44. The fourth-order valence-electron chi connectivity index (χ4n) is 4.05. The molecule has 0 aliphatic rings. The third kappa shape index (κ3) is 3.02. The number of H-pyrrole nitrogens is 2. The largest absolute Gasteiger partial charge is 0.337 e. The van der Waals surface area contributed by atoms with Crippen LogP contribution in [0.2, 0.25) is 0 Å². The number of nitrogens with one attached hydrogen (secondary N) is 2. The van der Waals surface area contributed by atoms with Gasteiger partial charge in [-0.25, -0.2) is 9.37 Å². The van der Waals surface area contributed by atoms with Crippen LogP contribution in [-0.4, -0.2) is 30.1 Å². The average Bonchev–Trinajstić information content (AvgIpc) is 3.42. The van der Waals surface area contributed by atoms with E-state index in [1.807, 2.05) is 49.4 Å². The van der Waals surface area contributed by atoms with Crippen molar-refractivity contribution in [2.45, 2.75) is 6.92 Å². The third-order valence-corrected chi connectivity index (χ3v) is 5.51. The highest BCUT2D eigenvalue weighted by Crippen LogP contribution is 2.33. The Morgan fingerprint density at radius 3 is 2.62 bits per heavy atom. The van der Waals surface area contributed by atoms with E-state index >= 15 is 0 Å². The molecule has 32 heavy (non-hydrogen) atoms. The van der Waals surface area contributed by atoms with Gasteiger partial charge >= 0.3 is 0 Å². The highest BCUT2D eigenvalue weighted by molar-refractivity contribution is 5.97. The van der Waals surface area contributed by atoms with Gasteiger partial charge in [0.2, 0.25) is 0 Å². The number of para-hydroxylation sites is 1. The molecule has 6 rings (SSSR count). The normalized spacial score (nSPS) is 11.4. The van der Waals surface area contributed by atoms with E-state index in [-0.39, 0.29) is 5.82 Å². The fraction of sp³-hybridized carbons (Fsp3) is 0.0400. The molecule has 154 valence electrons. The summed E-state index contributed by atoms with van der Waals surface area (Å²) in [4.78, 5) is 16.8. The predicted molar refractivity (Wildman–Crippen MR) is 122 cm³/mol. The van der Waals surface area contributed by atoms with Gasteiger partial charge in [0, 0.05) is 28.9 Å². The first-order valence-electron chi connectivity index (χ1n) is 10.2. The maximum atomic E-state index is 14.0. The summed E-state index contributed by atoms with van der Waals surface area (Å²) < 4.78 is 14.0. The molecule has 0 bridgehead atoms. The minimum Gasteiger partial charge on any atom is -0.337 e. The standard InChI is InChI=1S/C25H17FN6/c1-14-9-16(11-17(26)10-14)18-3-2-4-20-23(18)30-25(29-20)24-19-12-21(15-5-7-27-8-6-15)28-13-22(19)31-32-24/h2-13H,1H3,(H,29,30)(H,31,32). The number of hydrogen-bond acceptors (Lipinski definition) is 4. The van der Waals surface area contributed by atoms with Gasteiger partial charge in [0.15, 0.2) is 5.82 Å². The van der Waals surface area contributed by atoms with E-state index in [1.54, 1.807) is 18.6 Å². The molecule has 2 N–H and O–H groups in total. The lowest BCUT2D eigenvalue weighted by Crippen LogP contribution is -1.86. The number of rotatable bonds is 3. The number of aromatic amines is 2. The number of nitrogens with zero attached hydrogens (tertiary/aromatic N) is 4. The van der Waals surface area contributed by atoms with Gasteiger partial charge in [-0.3, -0.25) is 15.1 Å². The molecule has 0 unspecified atom stereocenters. The Morgan fingerprint density at radius 1 is 0.906 bits per heavy atom. The maximum absolute atomic E-state index is 14.0. The highest BCUT2D eigenvalue weighted by atomic mass is 19.1. The van der Waals surface area contributed by atoms with Crippen LogP contribution >= 0.6 is 0 Å². The molecule has 0 radical (unpaired) electrons. The van der Waals surface area contributed by atoms with Crippen molar-refractivity contribution in [3.8, 4) is 33.9 Å². The van der Waals surface area contributed by atoms with Gasteiger partial charge in [0.25, 0.3) is 0 Å². The molecule has 2 aromatic carbocycles. The van der Waals surface area contributed by atoms with Crippen LogP contribution < -0.4 is 0 Å². The molecule has 0 saturated heterocycles. The van der Waals surface area contributed by atoms with Gasteiger partial charge in [0.05, 0.1) is 28.4 Å². The Hall–Kier alpha value is -4.39. The molecule has 4 aromatic heterocycles. The van der Waals surface area contributed by atoms with Crippen LogP contribution in [0.15, 0.2) is 73.2 Å². The van der Waals surface area contributed by atoms with E-state index in [9.17, 15) is 4.39 Å². The summed E-state index contributed by atoms with van der Waals surface area (Å²) in [6.45, 7) is 1.88.